The Morgan fingerprint density at radius 1 is 1.19 bits per heavy atom. The van der Waals surface area contributed by atoms with Gasteiger partial charge in [0.2, 0.25) is 0 Å². The van der Waals surface area contributed by atoms with Crippen molar-refractivity contribution in [3.05, 3.63) is 65.2 Å². The molecule has 1 aliphatic heterocycles. The second kappa shape index (κ2) is 9.10. The molecule has 0 radical (unpaired) electrons. The Labute approximate surface area is 153 Å². The Morgan fingerprint density at radius 2 is 2.00 bits per heavy atom. The van der Waals surface area contributed by atoms with Crippen molar-refractivity contribution in [2.24, 2.45) is 0 Å². The van der Waals surface area contributed by atoms with Gasteiger partial charge in [-0.25, -0.2) is 0 Å². The lowest BCUT2D eigenvalue weighted by molar-refractivity contribution is -0.0505. The molecule has 1 aliphatic rings. The number of benzene rings is 2. The summed E-state index contributed by atoms with van der Waals surface area (Å²) in [6, 6.07) is 16.3. The Hall–Kier alpha value is -1.98. The quantitative estimate of drug-likeness (QED) is 0.766. The second-order valence-corrected chi connectivity index (χ2v) is 6.65. The minimum atomic E-state index is -2.81. The van der Waals surface area contributed by atoms with Crippen molar-refractivity contribution in [2.75, 3.05) is 6.54 Å². The number of nitrogens with one attached hydrogen (secondary N) is 2. The molecule has 0 spiro atoms. The van der Waals surface area contributed by atoms with Crippen LogP contribution in [0.5, 0.6) is 5.75 Å². The molecule has 0 aliphatic carbocycles. The van der Waals surface area contributed by atoms with Crippen molar-refractivity contribution in [3.8, 4) is 5.75 Å². The fraction of sp³-hybridized carbons (Fsp3) is 0.429. The monoisotopic (exact) mass is 360 g/mol. The van der Waals surface area contributed by atoms with E-state index < -0.39 is 6.61 Å². The molecule has 140 valence electrons. The summed E-state index contributed by atoms with van der Waals surface area (Å²) in [4.78, 5) is 0. The number of halogens is 2. The van der Waals surface area contributed by atoms with Crippen LogP contribution in [0.3, 0.4) is 0 Å². The van der Waals surface area contributed by atoms with Gasteiger partial charge in [0, 0.05) is 24.2 Å². The first kappa shape index (κ1) is 18.8. The van der Waals surface area contributed by atoms with Crippen molar-refractivity contribution in [2.45, 2.75) is 51.4 Å². The summed E-state index contributed by atoms with van der Waals surface area (Å²) in [5.41, 5.74) is 3.14. The van der Waals surface area contributed by atoms with Crippen LogP contribution in [-0.2, 0) is 13.0 Å². The third-order valence-corrected chi connectivity index (χ3v) is 4.92. The molecule has 2 aromatic rings. The summed E-state index contributed by atoms with van der Waals surface area (Å²) in [6.45, 7) is 0.736. The number of piperidine rings is 1. The summed E-state index contributed by atoms with van der Waals surface area (Å²) < 4.78 is 30.1. The number of hydrogen-bond donors (Lipinski definition) is 2. The lowest BCUT2D eigenvalue weighted by Crippen LogP contribution is -2.45. The van der Waals surface area contributed by atoms with E-state index in [0.717, 1.165) is 36.9 Å². The van der Waals surface area contributed by atoms with Crippen molar-refractivity contribution < 1.29 is 13.5 Å². The zero-order valence-corrected chi connectivity index (χ0v) is 15.1. The summed E-state index contributed by atoms with van der Waals surface area (Å²) in [6.07, 6.45) is 3.00. The van der Waals surface area contributed by atoms with Crippen LogP contribution in [0.25, 0.3) is 0 Å². The Bertz CT molecular complexity index is 694. The molecule has 0 aromatic heterocycles. The molecule has 3 rings (SSSR count). The smallest absolute Gasteiger partial charge is 0.387 e. The Kier molecular flexibility index (Phi) is 6.58. The number of hydrogen-bond acceptors (Lipinski definition) is 3. The summed E-state index contributed by atoms with van der Waals surface area (Å²) in [5.74, 6) is 0.254. The van der Waals surface area contributed by atoms with E-state index >= 15 is 0 Å². The third-order valence-electron chi connectivity index (χ3n) is 4.92. The van der Waals surface area contributed by atoms with E-state index in [9.17, 15) is 8.78 Å². The fourth-order valence-corrected chi connectivity index (χ4v) is 3.56. The van der Waals surface area contributed by atoms with E-state index in [2.05, 4.69) is 29.7 Å². The highest BCUT2D eigenvalue weighted by Crippen LogP contribution is 2.26. The van der Waals surface area contributed by atoms with Crippen molar-refractivity contribution in [1.82, 2.24) is 10.6 Å². The first-order chi connectivity index (χ1) is 12.7. The molecule has 3 nitrogen and oxygen atoms in total. The van der Waals surface area contributed by atoms with Crippen LogP contribution in [0.1, 0.15) is 42.5 Å². The molecule has 0 saturated carbocycles. The van der Waals surface area contributed by atoms with E-state index in [1.165, 1.54) is 5.56 Å². The molecule has 0 bridgehead atoms. The topological polar surface area (TPSA) is 33.3 Å². The lowest BCUT2D eigenvalue weighted by atomic mass is 9.92. The van der Waals surface area contributed by atoms with Gasteiger partial charge in [0.15, 0.2) is 0 Å². The van der Waals surface area contributed by atoms with Gasteiger partial charge in [0.1, 0.15) is 5.75 Å². The molecule has 2 aromatic carbocycles. The molecule has 1 saturated heterocycles. The average molecular weight is 360 g/mol. The van der Waals surface area contributed by atoms with E-state index in [4.69, 9.17) is 4.74 Å². The fourth-order valence-electron chi connectivity index (χ4n) is 3.56. The van der Waals surface area contributed by atoms with E-state index in [-0.39, 0.29) is 17.8 Å². The summed E-state index contributed by atoms with van der Waals surface area (Å²) in [7, 11) is 0. The molecular weight excluding hydrogens is 334 g/mol. The number of ether oxygens (including phenoxy) is 1. The maximum Gasteiger partial charge on any atom is 0.387 e. The van der Waals surface area contributed by atoms with Crippen LogP contribution >= 0.6 is 0 Å². The molecule has 5 heteroatoms. The van der Waals surface area contributed by atoms with Crippen molar-refractivity contribution in [1.29, 1.82) is 0 Å². The number of aryl methyl sites for hydroxylation is 1. The summed E-state index contributed by atoms with van der Waals surface area (Å²) in [5, 5.41) is 7.14. The van der Waals surface area contributed by atoms with Crippen molar-refractivity contribution >= 4 is 0 Å². The molecule has 0 amide bonds. The standard InChI is InChI=1S/C21H26F2N2O/c1-2-15-10-11-19(26-21(22)23)17(13-15)14-25-18-9-6-12-24-20(18)16-7-4-3-5-8-16/h3-5,7-8,10-11,13,18,20-21,24-25H,2,6,9,12,14H2,1H3/t18-,20-/m0/s1. The molecule has 26 heavy (non-hydrogen) atoms. The van der Waals surface area contributed by atoms with Crippen LogP contribution in [0.15, 0.2) is 48.5 Å². The highest BCUT2D eigenvalue weighted by atomic mass is 19.3. The Balaban J connectivity index is 1.74. The number of alkyl halides is 2. The maximum absolute atomic E-state index is 12.7. The van der Waals surface area contributed by atoms with E-state index in [1.54, 1.807) is 6.07 Å². The predicted octanol–water partition coefficient (Wildman–Crippen LogP) is 4.43. The van der Waals surface area contributed by atoms with E-state index in [1.807, 2.05) is 30.3 Å². The van der Waals surface area contributed by atoms with Crippen LogP contribution in [0, 0.1) is 0 Å². The average Bonchev–Trinajstić information content (AvgIpc) is 2.67. The summed E-state index contributed by atoms with van der Waals surface area (Å²) >= 11 is 0. The van der Waals surface area contributed by atoms with Gasteiger partial charge in [0.25, 0.3) is 0 Å². The predicted molar refractivity (Wildman–Crippen MR) is 99.5 cm³/mol. The minimum Gasteiger partial charge on any atom is -0.434 e. The molecule has 2 atom stereocenters. The lowest BCUT2D eigenvalue weighted by Gasteiger charge is -2.34. The van der Waals surface area contributed by atoms with Gasteiger partial charge in [-0.3, -0.25) is 0 Å². The minimum absolute atomic E-state index is 0.221. The third kappa shape index (κ3) is 4.80. The highest BCUT2D eigenvalue weighted by Gasteiger charge is 2.25. The SMILES string of the molecule is CCc1ccc(OC(F)F)c(CN[C@H]2CCCN[C@H]2c2ccccc2)c1. The molecule has 1 heterocycles. The zero-order valence-electron chi connectivity index (χ0n) is 15.1. The first-order valence-corrected chi connectivity index (χ1v) is 9.25. The van der Waals surface area contributed by atoms with Gasteiger partial charge in [-0.1, -0.05) is 49.4 Å². The maximum atomic E-state index is 12.7. The Morgan fingerprint density at radius 3 is 2.73 bits per heavy atom. The van der Waals surface area contributed by atoms with Gasteiger partial charge in [-0.15, -0.1) is 0 Å². The van der Waals surface area contributed by atoms with Crippen LogP contribution in [-0.4, -0.2) is 19.2 Å². The molecule has 1 fully saturated rings. The molecule has 0 unspecified atom stereocenters. The largest absolute Gasteiger partial charge is 0.434 e. The highest BCUT2D eigenvalue weighted by molar-refractivity contribution is 5.37. The molecular formula is C21H26F2N2O. The zero-order chi connectivity index (χ0) is 18.4. The van der Waals surface area contributed by atoms with Gasteiger partial charge < -0.3 is 15.4 Å². The van der Waals surface area contributed by atoms with E-state index in [0.29, 0.717) is 6.54 Å². The van der Waals surface area contributed by atoms with Gasteiger partial charge >= 0.3 is 6.61 Å². The molecule has 2 N–H and O–H groups in total. The first-order valence-electron chi connectivity index (χ1n) is 9.25. The van der Waals surface area contributed by atoms with Crippen molar-refractivity contribution in [3.63, 3.8) is 0 Å². The van der Waals surface area contributed by atoms with Crippen LogP contribution < -0.4 is 15.4 Å². The van der Waals surface area contributed by atoms with Gasteiger partial charge in [0.05, 0.1) is 0 Å². The van der Waals surface area contributed by atoms with Gasteiger partial charge in [-0.05, 0) is 43.0 Å². The normalized spacial score (nSPS) is 20.3. The van der Waals surface area contributed by atoms with Crippen LogP contribution in [0.2, 0.25) is 0 Å². The van der Waals surface area contributed by atoms with Gasteiger partial charge in [-0.2, -0.15) is 8.78 Å². The number of rotatable bonds is 7. The van der Waals surface area contributed by atoms with Crippen LogP contribution in [0.4, 0.5) is 8.78 Å². The second-order valence-electron chi connectivity index (χ2n) is 6.65.